The van der Waals surface area contributed by atoms with Crippen LogP contribution in [0.4, 0.5) is 11.4 Å². The molecule has 0 N–H and O–H groups in total. The van der Waals surface area contributed by atoms with Gasteiger partial charge < -0.3 is 9.80 Å². The summed E-state index contributed by atoms with van der Waals surface area (Å²) in [7, 11) is 8.25. The fourth-order valence-electron chi connectivity index (χ4n) is 4.09. The van der Waals surface area contributed by atoms with Gasteiger partial charge in [0.15, 0.2) is 6.20 Å². The van der Waals surface area contributed by atoms with Crippen LogP contribution in [-0.4, -0.2) is 51.4 Å². The molecule has 0 bridgehead atoms. The topological polar surface area (TPSA) is 22.7 Å². The van der Waals surface area contributed by atoms with Crippen LogP contribution in [0.1, 0.15) is 30.7 Å². The first-order valence-corrected chi connectivity index (χ1v) is 17.1. The van der Waals surface area contributed by atoms with Crippen molar-refractivity contribution in [3.8, 4) is 0 Å². The van der Waals surface area contributed by atoms with Gasteiger partial charge in [-0.2, -0.15) is 4.57 Å². The fourth-order valence-corrected chi connectivity index (χ4v) is 6.18. The van der Waals surface area contributed by atoms with Crippen molar-refractivity contribution >= 4 is 57.4 Å². The van der Waals surface area contributed by atoms with Gasteiger partial charge in [-0.15, -0.1) is 0 Å². The Balaban J connectivity index is 1.32. The van der Waals surface area contributed by atoms with Gasteiger partial charge in [0.05, 0.1) is 0 Å². The lowest BCUT2D eigenvalue weighted by Gasteiger charge is -2.20. The summed E-state index contributed by atoms with van der Waals surface area (Å²) in [5, 5.41) is 0. The number of allylic oxidation sites excluding steroid dienone is 5. The normalized spacial score (nSPS) is 12.1. The van der Waals surface area contributed by atoms with E-state index in [2.05, 4.69) is 138 Å². The molecule has 0 amide bonds. The number of nitrogens with zero attached hydrogens (tertiary/aromatic N) is 4. The summed E-state index contributed by atoms with van der Waals surface area (Å²) in [6.45, 7) is 8.03. The first kappa shape index (κ1) is 33.0. The third-order valence-electron chi connectivity index (χ3n) is 6.64. The molecule has 0 atom stereocenters. The van der Waals surface area contributed by atoms with Crippen molar-refractivity contribution in [1.29, 1.82) is 0 Å². The van der Waals surface area contributed by atoms with E-state index >= 15 is 0 Å². The van der Waals surface area contributed by atoms with Crippen LogP contribution in [0.5, 0.6) is 0 Å². The lowest BCUT2D eigenvalue weighted by molar-refractivity contribution is -0.695. The van der Waals surface area contributed by atoms with Gasteiger partial charge in [0, 0.05) is 81.0 Å². The SMILES string of the molecule is CCN=C\C=C/C=C/C=C/c1ccc(N(C)CCSSCCN(C)c2ccc(/C=C/c3cccc[n+]3CC)cc2)cc1. The number of pyridine rings is 1. The van der Waals surface area contributed by atoms with E-state index in [1.54, 1.807) is 0 Å². The first-order valence-electron chi connectivity index (χ1n) is 14.6. The van der Waals surface area contributed by atoms with E-state index in [4.69, 9.17) is 0 Å². The van der Waals surface area contributed by atoms with Crippen molar-refractivity contribution in [2.75, 3.05) is 55.0 Å². The minimum Gasteiger partial charge on any atom is -0.374 e. The summed E-state index contributed by atoms with van der Waals surface area (Å²) < 4.78 is 2.24. The molecule has 2 aromatic carbocycles. The molecule has 0 radical (unpaired) electrons. The Morgan fingerprint density at radius 1 is 0.667 bits per heavy atom. The lowest BCUT2D eigenvalue weighted by atomic mass is 10.1. The van der Waals surface area contributed by atoms with Crippen LogP contribution < -0.4 is 14.4 Å². The van der Waals surface area contributed by atoms with E-state index in [1.807, 2.05) is 59.0 Å². The molecule has 6 heteroatoms. The van der Waals surface area contributed by atoms with Gasteiger partial charge in [0.2, 0.25) is 5.69 Å². The molecule has 0 aliphatic heterocycles. The van der Waals surface area contributed by atoms with Crippen LogP contribution in [0.2, 0.25) is 0 Å². The number of rotatable bonds is 17. The van der Waals surface area contributed by atoms with E-state index < -0.39 is 0 Å². The van der Waals surface area contributed by atoms with Crippen LogP contribution in [0, 0.1) is 0 Å². The Kier molecular flexibility index (Phi) is 15.4. The molecule has 0 aliphatic carbocycles. The highest BCUT2D eigenvalue weighted by Crippen LogP contribution is 2.23. The number of benzene rings is 2. The van der Waals surface area contributed by atoms with Gasteiger partial charge >= 0.3 is 0 Å². The third kappa shape index (κ3) is 12.2. The van der Waals surface area contributed by atoms with E-state index in [0.29, 0.717) is 0 Å². The van der Waals surface area contributed by atoms with Gasteiger partial charge in [0.1, 0.15) is 6.54 Å². The minimum absolute atomic E-state index is 0.819. The molecule has 4 nitrogen and oxygen atoms in total. The number of hydrogen-bond acceptors (Lipinski definition) is 5. The van der Waals surface area contributed by atoms with Crippen LogP contribution in [0.25, 0.3) is 18.2 Å². The van der Waals surface area contributed by atoms with Crippen LogP contribution >= 0.6 is 21.6 Å². The molecule has 3 aromatic rings. The lowest BCUT2D eigenvalue weighted by Crippen LogP contribution is -2.34. The van der Waals surface area contributed by atoms with E-state index in [-0.39, 0.29) is 0 Å². The number of aliphatic imine (C=N–C) groups is 1. The molecule has 42 heavy (non-hydrogen) atoms. The number of anilines is 2. The van der Waals surface area contributed by atoms with Crippen molar-refractivity contribution in [1.82, 2.24) is 0 Å². The summed E-state index contributed by atoms with van der Waals surface area (Å²) in [6, 6.07) is 23.9. The van der Waals surface area contributed by atoms with Crippen molar-refractivity contribution in [3.63, 3.8) is 0 Å². The summed E-state index contributed by atoms with van der Waals surface area (Å²) in [4.78, 5) is 8.81. The van der Waals surface area contributed by atoms with E-state index in [9.17, 15) is 0 Å². The third-order valence-corrected chi connectivity index (χ3v) is 9.01. The van der Waals surface area contributed by atoms with Crippen LogP contribution in [0.3, 0.4) is 0 Å². The number of aryl methyl sites for hydroxylation is 1. The molecular weight excluding hydrogens is 553 g/mol. The van der Waals surface area contributed by atoms with E-state index in [0.717, 1.165) is 37.7 Å². The van der Waals surface area contributed by atoms with Gasteiger partial charge in [-0.25, -0.2) is 0 Å². The largest absolute Gasteiger partial charge is 0.374 e. The van der Waals surface area contributed by atoms with Gasteiger partial charge in [-0.3, -0.25) is 4.99 Å². The molecule has 0 fully saturated rings. The molecule has 1 aromatic heterocycles. The van der Waals surface area contributed by atoms with Gasteiger partial charge in [-0.1, -0.05) is 76.2 Å². The second-order valence-corrected chi connectivity index (χ2v) is 12.4. The maximum Gasteiger partial charge on any atom is 0.205 e. The predicted molar refractivity (Wildman–Crippen MR) is 192 cm³/mol. The second-order valence-electron chi connectivity index (χ2n) is 9.69. The molecule has 3 rings (SSSR count). The molecule has 0 saturated heterocycles. The fraction of sp³-hybridized carbons (Fsp3) is 0.278. The summed E-state index contributed by atoms with van der Waals surface area (Å²) in [6.07, 6.45) is 20.5. The summed E-state index contributed by atoms with van der Waals surface area (Å²) >= 11 is 0. The molecule has 0 unspecified atom stereocenters. The van der Waals surface area contributed by atoms with Crippen LogP contribution in [0.15, 0.2) is 108 Å². The molecule has 0 spiro atoms. The molecule has 220 valence electrons. The van der Waals surface area contributed by atoms with Gasteiger partial charge in [0.25, 0.3) is 0 Å². The first-order chi connectivity index (χ1) is 20.6. The standard InChI is InChI=1S/C36H45N4S2/c1-5-37-26-12-9-7-8-10-14-32-16-21-34(22-17-32)38(3)28-30-41-42-31-29-39(4)35-23-18-33(19-24-35)20-25-36-15-11-13-27-40(36)6-2/h7-27H,5-6,28-31H2,1-4H3/q+1/b8-7+,12-9-,14-10+,37-26?. The monoisotopic (exact) mass is 597 g/mol. The average Bonchev–Trinajstić information content (AvgIpc) is 3.03. The Morgan fingerprint density at radius 3 is 1.83 bits per heavy atom. The highest BCUT2D eigenvalue weighted by molar-refractivity contribution is 8.76. The molecule has 0 saturated carbocycles. The summed E-state index contributed by atoms with van der Waals surface area (Å²) in [5.74, 6) is 2.18. The predicted octanol–water partition coefficient (Wildman–Crippen LogP) is 8.33. The maximum absolute atomic E-state index is 4.15. The Labute approximate surface area is 261 Å². The molecule has 0 aliphatic rings. The van der Waals surface area contributed by atoms with Gasteiger partial charge in [-0.05, 0) is 67.5 Å². The zero-order chi connectivity index (χ0) is 29.8. The smallest absolute Gasteiger partial charge is 0.205 e. The van der Waals surface area contributed by atoms with E-state index in [1.165, 1.54) is 28.2 Å². The molecule has 1 heterocycles. The summed E-state index contributed by atoms with van der Waals surface area (Å²) in [5.41, 5.74) is 6.13. The van der Waals surface area contributed by atoms with Crippen molar-refractivity contribution in [2.24, 2.45) is 4.99 Å². The quantitative estimate of drug-likeness (QED) is 0.0513. The van der Waals surface area contributed by atoms with Crippen molar-refractivity contribution < 1.29 is 4.57 Å². The Bertz CT molecular complexity index is 1330. The van der Waals surface area contributed by atoms with Crippen molar-refractivity contribution in [3.05, 3.63) is 120 Å². The van der Waals surface area contributed by atoms with Crippen molar-refractivity contribution in [2.45, 2.75) is 20.4 Å². The highest BCUT2D eigenvalue weighted by atomic mass is 33.1. The second kappa shape index (κ2) is 19.6. The Morgan fingerprint density at radius 2 is 1.24 bits per heavy atom. The minimum atomic E-state index is 0.819. The highest BCUT2D eigenvalue weighted by Gasteiger charge is 2.05. The zero-order valence-electron chi connectivity index (χ0n) is 25.5. The number of aromatic nitrogens is 1. The number of hydrogen-bond donors (Lipinski definition) is 0. The Hall–Kier alpha value is -3.48. The zero-order valence-corrected chi connectivity index (χ0v) is 27.1. The average molecular weight is 598 g/mol. The maximum atomic E-state index is 4.15. The molecular formula is C36H45N4S2+. The van der Waals surface area contributed by atoms with Crippen LogP contribution in [-0.2, 0) is 6.54 Å².